The zero-order valence-corrected chi connectivity index (χ0v) is 13.3. The fraction of sp³-hybridized carbons (Fsp3) is 0.429. The summed E-state index contributed by atoms with van der Waals surface area (Å²) in [5, 5.41) is 0.753. The van der Waals surface area contributed by atoms with Gasteiger partial charge in [0.05, 0.1) is 17.1 Å². The van der Waals surface area contributed by atoms with Gasteiger partial charge in [0, 0.05) is 25.2 Å². The number of benzene rings is 1. The van der Waals surface area contributed by atoms with E-state index in [1.54, 1.807) is 24.1 Å². The molecule has 0 aliphatic rings. The minimum Gasteiger partial charge on any atom is -0.342 e. The van der Waals surface area contributed by atoms with Crippen molar-refractivity contribution in [2.45, 2.75) is 13.8 Å². The Kier molecular flexibility index (Phi) is 6.30. The molecule has 1 aromatic rings. The van der Waals surface area contributed by atoms with Crippen molar-refractivity contribution in [1.82, 2.24) is 9.80 Å². The maximum absolute atomic E-state index is 12.3. The quantitative estimate of drug-likeness (QED) is 0.838. The normalized spacial score (nSPS) is 10.2. The van der Waals surface area contributed by atoms with E-state index in [9.17, 15) is 9.59 Å². The lowest BCUT2D eigenvalue weighted by molar-refractivity contribution is -0.131. The predicted molar refractivity (Wildman–Crippen MR) is 81.4 cm³/mol. The molecule has 0 radical (unpaired) electrons. The van der Waals surface area contributed by atoms with Crippen molar-refractivity contribution in [3.8, 4) is 0 Å². The van der Waals surface area contributed by atoms with Crippen molar-refractivity contribution in [2.75, 3.05) is 26.7 Å². The summed E-state index contributed by atoms with van der Waals surface area (Å²) in [6, 6.07) is 4.68. The Hall–Kier alpha value is -1.26. The maximum Gasteiger partial charge on any atom is 0.255 e. The molecule has 0 saturated carbocycles. The first-order valence-corrected chi connectivity index (χ1v) is 7.14. The molecule has 4 nitrogen and oxygen atoms in total. The fourth-order valence-electron chi connectivity index (χ4n) is 1.82. The standard InChI is InChI=1S/C14H18Cl2N2O2/c1-4-18(5-2)13(19)9-17(3)14(20)11-8-10(15)6-7-12(11)16/h6-8H,4-5,9H2,1-3H3. The Morgan fingerprint density at radius 3 is 2.30 bits per heavy atom. The minimum absolute atomic E-state index is 0.0172. The Labute approximate surface area is 129 Å². The molecular weight excluding hydrogens is 299 g/mol. The summed E-state index contributed by atoms with van der Waals surface area (Å²) in [6.07, 6.45) is 0. The summed E-state index contributed by atoms with van der Waals surface area (Å²) >= 11 is 11.8. The van der Waals surface area contributed by atoms with E-state index in [2.05, 4.69) is 0 Å². The molecule has 0 aliphatic carbocycles. The Morgan fingerprint density at radius 1 is 1.15 bits per heavy atom. The number of rotatable bonds is 5. The van der Waals surface area contributed by atoms with E-state index >= 15 is 0 Å². The lowest BCUT2D eigenvalue weighted by Crippen LogP contribution is -2.41. The van der Waals surface area contributed by atoms with Gasteiger partial charge in [-0.25, -0.2) is 0 Å². The lowest BCUT2D eigenvalue weighted by atomic mass is 10.2. The molecule has 20 heavy (non-hydrogen) atoms. The molecule has 0 aliphatic heterocycles. The molecule has 0 N–H and O–H groups in total. The highest BCUT2D eigenvalue weighted by Gasteiger charge is 2.19. The van der Waals surface area contributed by atoms with Crippen LogP contribution in [0, 0.1) is 0 Å². The van der Waals surface area contributed by atoms with Gasteiger partial charge in [0.1, 0.15) is 0 Å². The van der Waals surface area contributed by atoms with Gasteiger partial charge in [0.25, 0.3) is 5.91 Å². The third kappa shape index (κ3) is 4.12. The number of amides is 2. The summed E-state index contributed by atoms with van der Waals surface area (Å²) in [4.78, 5) is 27.3. The third-order valence-corrected chi connectivity index (χ3v) is 3.56. The highest BCUT2D eigenvalue weighted by molar-refractivity contribution is 6.35. The Balaban J connectivity index is 2.82. The van der Waals surface area contributed by atoms with Gasteiger partial charge in [-0.1, -0.05) is 23.2 Å². The van der Waals surface area contributed by atoms with Gasteiger partial charge in [0.15, 0.2) is 0 Å². The average molecular weight is 317 g/mol. The summed E-state index contributed by atoms with van der Waals surface area (Å²) in [6.45, 7) is 5.06. The van der Waals surface area contributed by atoms with E-state index in [0.29, 0.717) is 28.7 Å². The van der Waals surface area contributed by atoms with E-state index in [4.69, 9.17) is 23.2 Å². The molecule has 0 unspecified atom stereocenters. The highest BCUT2D eigenvalue weighted by atomic mass is 35.5. The molecule has 2 amide bonds. The first kappa shape index (κ1) is 16.8. The van der Waals surface area contributed by atoms with Crippen LogP contribution in [-0.2, 0) is 4.79 Å². The highest BCUT2D eigenvalue weighted by Crippen LogP contribution is 2.21. The van der Waals surface area contributed by atoms with Crippen LogP contribution in [0.25, 0.3) is 0 Å². The van der Waals surface area contributed by atoms with Crippen LogP contribution in [-0.4, -0.2) is 48.3 Å². The molecule has 1 rings (SSSR count). The number of carbonyl (C=O) groups is 2. The first-order chi connectivity index (χ1) is 9.40. The molecule has 6 heteroatoms. The summed E-state index contributed by atoms with van der Waals surface area (Å²) in [5.41, 5.74) is 0.300. The topological polar surface area (TPSA) is 40.6 Å². The van der Waals surface area contributed by atoms with Crippen molar-refractivity contribution < 1.29 is 9.59 Å². The zero-order chi connectivity index (χ0) is 15.3. The van der Waals surface area contributed by atoms with Crippen LogP contribution in [0.4, 0.5) is 0 Å². The van der Waals surface area contributed by atoms with E-state index in [-0.39, 0.29) is 18.4 Å². The van der Waals surface area contributed by atoms with Crippen LogP contribution in [0.15, 0.2) is 18.2 Å². The number of halogens is 2. The monoisotopic (exact) mass is 316 g/mol. The molecule has 0 spiro atoms. The van der Waals surface area contributed by atoms with E-state index in [0.717, 1.165) is 0 Å². The minimum atomic E-state index is -0.321. The molecule has 0 heterocycles. The second-order valence-electron chi connectivity index (χ2n) is 4.35. The summed E-state index contributed by atoms with van der Waals surface area (Å²) in [5.74, 6) is -0.415. The van der Waals surface area contributed by atoms with Crippen molar-refractivity contribution in [1.29, 1.82) is 0 Å². The van der Waals surface area contributed by atoms with E-state index in [1.165, 1.54) is 11.0 Å². The number of nitrogens with zero attached hydrogens (tertiary/aromatic N) is 2. The predicted octanol–water partition coefficient (Wildman–Crippen LogP) is 2.93. The number of hydrogen-bond acceptors (Lipinski definition) is 2. The number of carbonyl (C=O) groups excluding carboxylic acids is 2. The molecule has 0 aromatic heterocycles. The Bertz CT molecular complexity index is 502. The van der Waals surface area contributed by atoms with Crippen LogP contribution in [0.2, 0.25) is 10.0 Å². The van der Waals surface area contributed by atoms with Gasteiger partial charge in [-0.15, -0.1) is 0 Å². The van der Waals surface area contributed by atoms with Crippen LogP contribution >= 0.6 is 23.2 Å². The van der Waals surface area contributed by atoms with Gasteiger partial charge >= 0.3 is 0 Å². The number of likely N-dealkylation sites (N-methyl/N-ethyl adjacent to an activating group) is 2. The molecule has 110 valence electrons. The molecule has 0 atom stereocenters. The first-order valence-electron chi connectivity index (χ1n) is 6.39. The summed E-state index contributed by atoms with van der Waals surface area (Å²) < 4.78 is 0. The molecule has 0 fully saturated rings. The second-order valence-corrected chi connectivity index (χ2v) is 5.20. The van der Waals surface area contributed by atoms with Crippen LogP contribution in [0.3, 0.4) is 0 Å². The van der Waals surface area contributed by atoms with Gasteiger partial charge in [-0.05, 0) is 32.0 Å². The fourth-order valence-corrected chi connectivity index (χ4v) is 2.19. The van der Waals surface area contributed by atoms with Crippen LogP contribution in [0.5, 0.6) is 0 Å². The zero-order valence-electron chi connectivity index (χ0n) is 11.8. The van der Waals surface area contributed by atoms with Gasteiger partial charge in [-0.3, -0.25) is 9.59 Å². The molecule has 1 aromatic carbocycles. The van der Waals surface area contributed by atoms with Crippen LogP contribution in [0.1, 0.15) is 24.2 Å². The third-order valence-electron chi connectivity index (χ3n) is 2.99. The SMILES string of the molecule is CCN(CC)C(=O)CN(C)C(=O)c1cc(Cl)ccc1Cl. The molecule has 0 saturated heterocycles. The number of hydrogen-bond donors (Lipinski definition) is 0. The average Bonchev–Trinajstić information content (AvgIpc) is 2.42. The van der Waals surface area contributed by atoms with Crippen molar-refractivity contribution in [3.63, 3.8) is 0 Å². The second kappa shape index (κ2) is 7.50. The van der Waals surface area contributed by atoms with Crippen LogP contribution < -0.4 is 0 Å². The van der Waals surface area contributed by atoms with Gasteiger partial charge < -0.3 is 9.80 Å². The largest absolute Gasteiger partial charge is 0.342 e. The van der Waals surface area contributed by atoms with Gasteiger partial charge in [0.2, 0.25) is 5.91 Å². The van der Waals surface area contributed by atoms with Gasteiger partial charge in [-0.2, -0.15) is 0 Å². The lowest BCUT2D eigenvalue weighted by Gasteiger charge is -2.23. The van der Waals surface area contributed by atoms with Crippen molar-refractivity contribution in [3.05, 3.63) is 33.8 Å². The van der Waals surface area contributed by atoms with E-state index in [1.807, 2.05) is 13.8 Å². The Morgan fingerprint density at radius 2 is 1.75 bits per heavy atom. The molecule has 0 bridgehead atoms. The van der Waals surface area contributed by atoms with E-state index < -0.39 is 0 Å². The summed E-state index contributed by atoms with van der Waals surface area (Å²) in [7, 11) is 1.57. The smallest absolute Gasteiger partial charge is 0.255 e. The van der Waals surface area contributed by atoms with Crippen molar-refractivity contribution >= 4 is 35.0 Å². The molecular formula is C14H18Cl2N2O2. The van der Waals surface area contributed by atoms with Crippen molar-refractivity contribution in [2.24, 2.45) is 0 Å². The maximum atomic E-state index is 12.3.